The van der Waals surface area contributed by atoms with Crippen molar-refractivity contribution in [2.75, 3.05) is 0 Å². The number of aromatic hydroxyl groups is 1. The van der Waals surface area contributed by atoms with E-state index in [0.717, 1.165) is 6.07 Å². The molecule has 0 aromatic heterocycles. The summed E-state index contributed by atoms with van der Waals surface area (Å²) in [6.45, 7) is 1.23. The van der Waals surface area contributed by atoms with Crippen LogP contribution < -0.4 is 0 Å². The van der Waals surface area contributed by atoms with Crippen molar-refractivity contribution >= 4 is 0 Å². The Kier molecular flexibility index (Phi) is 2.00. The summed E-state index contributed by atoms with van der Waals surface area (Å²) in [5, 5.41) is 8.96. The Morgan fingerprint density at radius 2 is 1.83 bits per heavy atom. The van der Waals surface area contributed by atoms with Gasteiger partial charge in [0, 0.05) is 5.56 Å². The van der Waals surface area contributed by atoms with Crippen molar-refractivity contribution in [2.45, 2.75) is 13.1 Å². The molecule has 0 radical (unpaired) electrons. The van der Waals surface area contributed by atoms with Gasteiger partial charge < -0.3 is 5.11 Å². The molecule has 0 aliphatic heterocycles. The maximum Gasteiger partial charge on any atom is 0.416 e. The summed E-state index contributed by atoms with van der Waals surface area (Å²) < 4.78 is 36.4. The van der Waals surface area contributed by atoms with Gasteiger partial charge in [-0.3, -0.25) is 0 Å². The van der Waals surface area contributed by atoms with Crippen molar-refractivity contribution in [3.63, 3.8) is 0 Å². The lowest BCUT2D eigenvalue weighted by molar-refractivity contribution is -0.138. The van der Waals surface area contributed by atoms with Crippen LogP contribution in [0.2, 0.25) is 0 Å². The summed E-state index contributed by atoms with van der Waals surface area (Å²) in [5.74, 6) is -0.329. The average Bonchev–Trinajstić information content (AvgIpc) is 1.92. The van der Waals surface area contributed by atoms with Gasteiger partial charge >= 0.3 is 6.18 Å². The number of benzene rings is 1. The molecule has 0 spiro atoms. The molecule has 1 N–H and O–H groups in total. The minimum Gasteiger partial charge on any atom is -0.508 e. The Morgan fingerprint density at radius 1 is 1.25 bits per heavy atom. The van der Waals surface area contributed by atoms with Crippen LogP contribution in [-0.4, -0.2) is 5.11 Å². The molecule has 0 bridgehead atoms. The molecular formula is C8H7F3O. The average molecular weight is 176 g/mol. The fourth-order valence-electron chi connectivity index (χ4n) is 0.931. The SMILES string of the molecule is Cc1c(O)cccc1C(F)(F)F. The van der Waals surface area contributed by atoms with Gasteiger partial charge in [-0.25, -0.2) is 0 Å². The molecule has 12 heavy (non-hydrogen) atoms. The number of alkyl halides is 3. The van der Waals surface area contributed by atoms with Crippen molar-refractivity contribution < 1.29 is 18.3 Å². The van der Waals surface area contributed by atoms with Crippen molar-refractivity contribution in [1.29, 1.82) is 0 Å². The van der Waals surface area contributed by atoms with E-state index in [1.165, 1.54) is 19.1 Å². The van der Waals surface area contributed by atoms with Crippen molar-refractivity contribution in [2.24, 2.45) is 0 Å². The molecule has 1 aromatic rings. The molecule has 1 aromatic carbocycles. The highest BCUT2D eigenvalue weighted by Gasteiger charge is 2.32. The second-order valence-corrected chi connectivity index (χ2v) is 2.45. The molecule has 1 nitrogen and oxygen atoms in total. The maximum atomic E-state index is 12.1. The maximum absolute atomic E-state index is 12.1. The van der Waals surface area contributed by atoms with Crippen LogP contribution in [0.1, 0.15) is 11.1 Å². The lowest BCUT2D eigenvalue weighted by Crippen LogP contribution is -2.06. The van der Waals surface area contributed by atoms with Gasteiger partial charge in [-0.05, 0) is 19.1 Å². The molecule has 0 saturated heterocycles. The molecule has 66 valence electrons. The molecule has 0 unspecified atom stereocenters. The van der Waals surface area contributed by atoms with Crippen LogP contribution in [0.4, 0.5) is 13.2 Å². The molecule has 0 heterocycles. The third-order valence-corrected chi connectivity index (χ3v) is 1.61. The first-order valence-corrected chi connectivity index (χ1v) is 3.28. The first-order chi connectivity index (χ1) is 5.43. The molecular weight excluding hydrogens is 169 g/mol. The fraction of sp³-hybridized carbons (Fsp3) is 0.250. The zero-order valence-corrected chi connectivity index (χ0v) is 6.31. The van der Waals surface area contributed by atoms with Gasteiger partial charge in [-0.15, -0.1) is 0 Å². The molecule has 0 saturated carbocycles. The minimum absolute atomic E-state index is 0.134. The molecule has 0 amide bonds. The van der Waals surface area contributed by atoms with Crippen molar-refractivity contribution in [3.8, 4) is 5.75 Å². The third kappa shape index (κ3) is 1.52. The smallest absolute Gasteiger partial charge is 0.416 e. The van der Waals surface area contributed by atoms with E-state index < -0.39 is 11.7 Å². The number of hydrogen-bond donors (Lipinski definition) is 1. The monoisotopic (exact) mass is 176 g/mol. The first-order valence-electron chi connectivity index (χ1n) is 3.28. The summed E-state index contributed by atoms with van der Waals surface area (Å²) in [4.78, 5) is 0. The lowest BCUT2D eigenvalue weighted by atomic mass is 10.1. The Labute approximate surface area is 67.5 Å². The van der Waals surface area contributed by atoms with Gasteiger partial charge in [0.15, 0.2) is 0 Å². The zero-order valence-electron chi connectivity index (χ0n) is 6.31. The van der Waals surface area contributed by atoms with E-state index in [0.29, 0.717) is 0 Å². The van der Waals surface area contributed by atoms with Crippen LogP contribution in [0.15, 0.2) is 18.2 Å². The second kappa shape index (κ2) is 2.69. The third-order valence-electron chi connectivity index (χ3n) is 1.61. The van der Waals surface area contributed by atoms with Gasteiger partial charge in [0.25, 0.3) is 0 Å². The predicted molar refractivity (Wildman–Crippen MR) is 37.8 cm³/mol. The molecule has 4 heteroatoms. The first kappa shape index (κ1) is 8.90. The van der Waals surface area contributed by atoms with E-state index >= 15 is 0 Å². The number of phenols is 1. The quantitative estimate of drug-likeness (QED) is 0.644. The zero-order chi connectivity index (χ0) is 9.35. The van der Waals surface area contributed by atoms with Crippen LogP contribution in [0.25, 0.3) is 0 Å². The standard InChI is InChI=1S/C8H7F3O/c1-5-6(8(9,10)11)3-2-4-7(5)12/h2-4,12H,1H3. The molecule has 1 rings (SSSR count). The van der Waals surface area contributed by atoms with E-state index in [1.54, 1.807) is 0 Å². The van der Waals surface area contributed by atoms with Gasteiger partial charge in [-0.2, -0.15) is 13.2 Å². The van der Waals surface area contributed by atoms with Crippen LogP contribution in [0, 0.1) is 6.92 Å². The normalized spacial score (nSPS) is 11.7. The number of phenolic OH excluding ortho intramolecular Hbond substituents is 1. The van der Waals surface area contributed by atoms with Crippen LogP contribution >= 0.6 is 0 Å². The largest absolute Gasteiger partial charge is 0.508 e. The Morgan fingerprint density at radius 3 is 2.25 bits per heavy atom. The molecule has 0 atom stereocenters. The van der Waals surface area contributed by atoms with Gasteiger partial charge in [0.1, 0.15) is 5.75 Å². The van der Waals surface area contributed by atoms with E-state index in [4.69, 9.17) is 5.11 Å². The topological polar surface area (TPSA) is 20.2 Å². The van der Waals surface area contributed by atoms with Crippen LogP contribution in [0.5, 0.6) is 5.75 Å². The second-order valence-electron chi connectivity index (χ2n) is 2.45. The van der Waals surface area contributed by atoms with E-state index in [1.807, 2.05) is 0 Å². The lowest BCUT2D eigenvalue weighted by Gasteiger charge is -2.10. The minimum atomic E-state index is -4.39. The number of hydrogen-bond acceptors (Lipinski definition) is 1. The summed E-state index contributed by atoms with van der Waals surface area (Å²) in [5.41, 5.74) is -0.924. The molecule has 0 aliphatic carbocycles. The molecule has 0 fully saturated rings. The van der Waals surface area contributed by atoms with Crippen molar-refractivity contribution in [1.82, 2.24) is 0 Å². The van der Waals surface area contributed by atoms with E-state index in [2.05, 4.69) is 0 Å². The Balaban J connectivity index is 3.26. The molecule has 0 aliphatic rings. The number of halogens is 3. The Bertz CT molecular complexity index is 291. The van der Waals surface area contributed by atoms with Crippen molar-refractivity contribution in [3.05, 3.63) is 29.3 Å². The van der Waals surface area contributed by atoms with Gasteiger partial charge in [0.2, 0.25) is 0 Å². The summed E-state index contributed by atoms with van der Waals surface area (Å²) in [7, 11) is 0. The van der Waals surface area contributed by atoms with Gasteiger partial charge in [-0.1, -0.05) is 6.07 Å². The van der Waals surface area contributed by atoms with E-state index in [9.17, 15) is 13.2 Å². The van der Waals surface area contributed by atoms with E-state index in [-0.39, 0.29) is 11.3 Å². The van der Waals surface area contributed by atoms with Crippen LogP contribution in [0.3, 0.4) is 0 Å². The summed E-state index contributed by atoms with van der Waals surface area (Å²) in [6.07, 6.45) is -4.39. The predicted octanol–water partition coefficient (Wildman–Crippen LogP) is 2.72. The fourth-order valence-corrected chi connectivity index (χ4v) is 0.931. The van der Waals surface area contributed by atoms with Gasteiger partial charge in [0.05, 0.1) is 5.56 Å². The van der Waals surface area contributed by atoms with Crippen LogP contribution in [-0.2, 0) is 6.18 Å². The Hall–Kier alpha value is -1.19. The number of rotatable bonds is 0. The summed E-state index contributed by atoms with van der Waals surface area (Å²) in [6, 6.07) is 3.34. The highest BCUT2D eigenvalue weighted by Crippen LogP contribution is 2.34. The summed E-state index contributed by atoms with van der Waals surface area (Å²) >= 11 is 0. The highest BCUT2D eigenvalue weighted by atomic mass is 19.4. The highest BCUT2D eigenvalue weighted by molar-refractivity contribution is 5.39.